The quantitative estimate of drug-likeness (QED) is 0.837. The Bertz CT molecular complexity index is 388. The number of aromatic nitrogens is 2. The molecule has 2 unspecified atom stereocenters. The van der Waals surface area contributed by atoms with E-state index in [-0.39, 0.29) is 12.1 Å². The zero-order chi connectivity index (χ0) is 13.0. The first-order chi connectivity index (χ1) is 8.74. The van der Waals surface area contributed by atoms with Crippen LogP contribution >= 0.6 is 0 Å². The van der Waals surface area contributed by atoms with Gasteiger partial charge in [-0.3, -0.25) is 0 Å². The first-order valence-corrected chi connectivity index (χ1v) is 6.28. The number of morpholine rings is 1. The van der Waals surface area contributed by atoms with Crippen LogP contribution in [0.4, 0.5) is 5.95 Å². The van der Waals surface area contributed by atoms with Crippen molar-refractivity contribution in [3.05, 3.63) is 12.3 Å². The van der Waals surface area contributed by atoms with E-state index in [2.05, 4.69) is 21.8 Å². The molecule has 1 aromatic heterocycles. The topological polar surface area (TPSA) is 73.5 Å². The largest absolute Gasteiger partial charge is 0.478 e. The van der Waals surface area contributed by atoms with Gasteiger partial charge in [-0.25, -0.2) is 4.98 Å². The molecule has 1 fully saturated rings. The molecule has 0 aromatic carbocycles. The summed E-state index contributed by atoms with van der Waals surface area (Å²) in [7, 11) is 0. The maximum atomic E-state index is 5.65. The number of nitrogens with two attached hydrogens (primary N) is 1. The molecule has 100 valence electrons. The van der Waals surface area contributed by atoms with Crippen LogP contribution in [0.2, 0.25) is 0 Å². The van der Waals surface area contributed by atoms with Crippen molar-refractivity contribution in [2.45, 2.75) is 26.0 Å². The van der Waals surface area contributed by atoms with E-state index in [1.54, 1.807) is 12.3 Å². The summed E-state index contributed by atoms with van der Waals surface area (Å²) in [5, 5.41) is 0. The molecule has 18 heavy (non-hydrogen) atoms. The molecule has 0 aliphatic carbocycles. The number of hydrogen-bond acceptors (Lipinski definition) is 6. The molecule has 6 heteroatoms. The molecule has 0 amide bonds. The van der Waals surface area contributed by atoms with Crippen molar-refractivity contribution in [3.63, 3.8) is 0 Å². The van der Waals surface area contributed by atoms with Crippen LogP contribution in [-0.2, 0) is 4.74 Å². The van der Waals surface area contributed by atoms with Gasteiger partial charge in [-0.1, -0.05) is 0 Å². The molecule has 6 nitrogen and oxygen atoms in total. The molecule has 1 aliphatic heterocycles. The van der Waals surface area contributed by atoms with Crippen LogP contribution in [-0.4, -0.2) is 48.4 Å². The molecule has 2 N–H and O–H groups in total. The average Bonchev–Trinajstić information content (AvgIpc) is 2.40. The molecule has 2 heterocycles. The molecule has 0 bridgehead atoms. The van der Waals surface area contributed by atoms with Crippen LogP contribution in [0.3, 0.4) is 0 Å². The van der Waals surface area contributed by atoms with E-state index in [0.717, 1.165) is 0 Å². The molecule has 0 spiro atoms. The lowest BCUT2D eigenvalue weighted by atomic mass is 10.2. The Kier molecular flexibility index (Phi) is 4.33. The number of anilines is 1. The predicted molar refractivity (Wildman–Crippen MR) is 68.8 cm³/mol. The predicted octanol–water partition coefficient (Wildman–Crippen LogP) is 0.428. The van der Waals surface area contributed by atoms with Gasteiger partial charge < -0.3 is 20.1 Å². The van der Waals surface area contributed by atoms with Crippen molar-refractivity contribution in [1.82, 2.24) is 9.97 Å². The molecule has 0 radical (unpaired) electrons. The molecule has 0 saturated carbocycles. The van der Waals surface area contributed by atoms with Crippen molar-refractivity contribution in [2.24, 2.45) is 5.73 Å². The Morgan fingerprint density at radius 1 is 1.61 bits per heavy atom. The zero-order valence-electron chi connectivity index (χ0n) is 10.9. The fraction of sp³-hybridized carbons (Fsp3) is 0.667. The summed E-state index contributed by atoms with van der Waals surface area (Å²) in [6, 6.07) is 2.00. The highest BCUT2D eigenvalue weighted by molar-refractivity contribution is 5.34. The number of nitrogens with zero attached hydrogens (tertiary/aromatic N) is 3. The van der Waals surface area contributed by atoms with Gasteiger partial charge in [-0.15, -0.1) is 0 Å². The van der Waals surface area contributed by atoms with E-state index >= 15 is 0 Å². The summed E-state index contributed by atoms with van der Waals surface area (Å²) in [6.07, 6.45) is 1.76. The molecule has 2 rings (SSSR count). The minimum Gasteiger partial charge on any atom is -0.478 e. The van der Waals surface area contributed by atoms with E-state index in [0.29, 0.717) is 38.1 Å². The van der Waals surface area contributed by atoms with Gasteiger partial charge in [0.25, 0.3) is 0 Å². The monoisotopic (exact) mass is 252 g/mol. The first-order valence-electron chi connectivity index (χ1n) is 6.28. The van der Waals surface area contributed by atoms with Crippen LogP contribution < -0.4 is 15.4 Å². The van der Waals surface area contributed by atoms with Crippen LogP contribution in [0.5, 0.6) is 5.88 Å². The van der Waals surface area contributed by atoms with Crippen molar-refractivity contribution in [3.8, 4) is 5.88 Å². The van der Waals surface area contributed by atoms with E-state index in [4.69, 9.17) is 15.2 Å². The number of ether oxygens (including phenoxy) is 2. The van der Waals surface area contributed by atoms with Crippen LogP contribution in [0.1, 0.15) is 13.8 Å². The second-order valence-electron chi connectivity index (χ2n) is 4.32. The van der Waals surface area contributed by atoms with Gasteiger partial charge in [0.15, 0.2) is 0 Å². The van der Waals surface area contributed by atoms with Gasteiger partial charge in [0.05, 0.1) is 25.4 Å². The van der Waals surface area contributed by atoms with Crippen LogP contribution in [0.25, 0.3) is 0 Å². The van der Waals surface area contributed by atoms with Gasteiger partial charge in [0.2, 0.25) is 11.8 Å². The molecule has 1 saturated heterocycles. The Balaban J connectivity index is 2.15. The lowest BCUT2D eigenvalue weighted by molar-refractivity contribution is 0.0276. The molecular weight excluding hydrogens is 232 g/mol. The van der Waals surface area contributed by atoms with Gasteiger partial charge in [-0.05, 0) is 13.8 Å². The van der Waals surface area contributed by atoms with Crippen LogP contribution in [0, 0.1) is 0 Å². The van der Waals surface area contributed by atoms with Crippen LogP contribution in [0.15, 0.2) is 12.3 Å². The van der Waals surface area contributed by atoms with Gasteiger partial charge in [-0.2, -0.15) is 4.98 Å². The minimum absolute atomic E-state index is 0.0422. The Labute approximate surface area is 107 Å². The summed E-state index contributed by atoms with van der Waals surface area (Å²) in [4.78, 5) is 10.8. The van der Waals surface area contributed by atoms with E-state index < -0.39 is 0 Å². The summed E-state index contributed by atoms with van der Waals surface area (Å²) in [5.74, 6) is 1.28. The summed E-state index contributed by atoms with van der Waals surface area (Å²) in [5.41, 5.74) is 5.65. The summed E-state index contributed by atoms with van der Waals surface area (Å²) < 4.78 is 11.0. The molecule has 1 aromatic rings. The lowest BCUT2D eigenvalue weighted by Gasteiger charge is -2.37. The Morgan fingerprint density at radius 2 is 2.44 bits per heavy atom. The van der Waals surface area contributed by atoms with Gasteiger partial charge in [0, 0.05) is 25.4 Å². The third-order valence-corrected chi connectivity index (χ3v) is 2.93. The van der Waals surface area contributed by atoms with Gasteiger partial charge >= 0.3 is 0 Å². The third kappa shape index (κ3) is 2.88. The van der Waals surface area contributed by atoms with Crippen molar-refractivity contribution in [2.75, 3.05) is 31.2 Å². The Hall–Kier alpha value is -1.40. The fourth-order valence-electron chi connectivity index (χ4n) is 1.94. The summed E-state index contributed by atoms with van der Waals surface area (Å²) >= 11 is 0. The second kappa shape index (κ2) is 5.97. The zero-order valence-corrected chi connectivity index (χ0v) is 10.9. The highest BCUT2D eigenvalue weighted by Crippen LogP contribution is 2.19. The van der Waals surface area contributed by atoms with Crippen molar-refractivity contribution >= 4 is 5.95 Å². The van der Waals surface area contributed by atoms with Crippen molar-refractivity contribution in [1.29, 1.82) is 0 Å². The first kappa shape index (κ1) is 13.0. The molecule has 1 aliphatic rings. The number of rotatable bonds is 4. The van der Waals surface area contributed by atoms with Gasteiger partial charge in [0.1, 0.15) is 0 Å². The smallest absolute Gasteiger partial charge is 0.229 e. The lowest BCUT2D eigenvalue weighted by Crippen LogP contribution is -2.51. The van der Waals surface area contributed by atoms with Crippen molar-refractivity contribution < 1.29 is 9.47 Å². The maximum absolute atomic E-state index is 5.65. The molecular formula is C12H20N4O2. The molecule has 2 atom stereocenters. The highest BCUT2D eigenvalue weighted by Gasteiger charge is 2.27. The van der Waals surface area contributed by atoms with E-state index in [9.17, 15) is 0 Å². The standard InChI is InChI=1S/C12H20N4O2/c1-3-17-11-4-5-14-12(15-11)16-7-10(6-13)18-8-9(16)2/h4-5,9-10H,3,6-8,13H2,1-2H3. The maximum Gasteiger partial charge on any atom is 0.229 e. The summed E-state index contributed by atoms with van der Waals surface area (Å²) in [6.45, 7) is 6.49. The SMILES string of the molecule is CCOc1ccnc(N2CC(CN)OCC2C)n1. The highest BCUT2D eigenvalue weighted by atomic mass is 16.5. The minimum atomic E-state index is 0.0422. The van der Waals surface area contributed by atoms with E-state index in [1.807, 2.05) is 6.92 Å². The average molecular weight is 252 g/mol. The normalized spacial score (nSPS) is 24.1. The Morgan fingerprint density at radius 3 is 3.17 bits per heavy atom. The number of hydrogen-bond donors (Lipinski definition) is 1. The fourth-order valence-corrected chi connectivity index (χ4v) is 1.94. The second-order valence-corrected chi connectivity index (χ2v) is 4.32. The van der Waals surface area contributed by atoms with E-state index in [1.165, 1.54) is 0 Å². The third-order valence-electron chi connectivity index (χ3n) is 2.93.